The molecule has 0 bridgehead atoms. The molecule has 4 heterocycles. The zero-order chi connectivity index (χ0) is 20.7. The van der Waals surface area contributed by atoms with Crippen molar-refractivity contribution >= 4 is 27.9 Å². The zero-order valence-corrected chi connectivity index (χ0v) is 16.8. The molecule has 4 aromatic rings. The third kappa shape index (κ3) is 3.30. The summed E-state index contributed by atoms with van der Waals surface area (Å²) in [5.74, 6) is 0.491. The van der Waals surface area contributed by atoms with E-state index in [1.54, 1.807) is 18.6 Å². The minimum absolute atomic E-state index is 0.0519. The van der Waals surface area contributed by atoms with Crippen LogP contribution < -0.4 is 10.9 Å². The van der Waals surface area contributed by atoms with Crippen LogP contribution in [0.1, 0.15) is 44.2 Å². The Morgan fingerprint density at radius 1 is 1.24 bits per heavy atom. The third-order valence-electron chi connectivity index (χ3n) is 4.99. The van der Waals surface area contributed by atoms with Gasteiger partial charge in [-0.3, -0.25) is 14.6 Å². The number of aromatic nitrogens is 4. The summed E-state index contributed by atoms with van der Waals surface area (Å²) < 4.78 is 8.94. The molecular weight excluding hydrogens is 370 g/mol. The van der Waals surface area contributed by atoms with Gasteiger partial charge in [-0.1, -0.05) is 0 Å². The first kappa shape index (κ1) is 18.9. The lowest BCUT2D eigenvalue weighted by Crippen LogP contribution is -2.35. The van der Waals surface area contributed by atoms with Crippen molar-refractivity contribution in [2.24, 2.45) is 0 Å². The Bertz CT molecular complexity index is 1250. The molecule has 29 heavy (non-hydrogen) atoms. The Hall–Kier alpha value is -3.42. The van der Waals surface area contributed by atoms with E-state index in [-0.39, 0.29) is 30.1 Å². The van der Waals surface area contributed by atoms with Crippen molar-refractivity contribution in [3.05, 3.63) is 58.5 Å². The fourth-order valence-corrected chi connectivity index (χ4v) is 3.68. The highest BCUT2D eigenvalue weighted by atomic mass is 16.3. The first-order valence-electron chi connectivity index (χ1n) is 9.56. The number of carbonyl (C=O) groups excluding carboxylic acids is 1. The summed E-state index contributed by atoms with van der Waals surface area (Å²) in [6.45, 7) is 7.61. The minimum atomic E-state index is -0.313. The van der Waals surface area contributed by atoms with E-state index in [0.717, 1.165) is 16.8 Å². The van der Waals surface area contributed by atoms with Gasteiger partial charge < -0.3 is 14.3 Å². The van der Waals surface area contributed by atoms with Crippen LogP contribution in [0.15, 0.2) is 46.0 Å². The van der Waals surface area contributed by atoms with Crippen LogP contribution in [-0.4, -0.2) is 25.2 Å². The van der Waals surface area contributed by atoms with Gasteiger partial charge in [0.25, 0.3) is 5.56 Å². The number of amides is 1. The number of fused-ring (bicyclic) bond motifs is 3. The molecule has 0 fully saturated rings. The highest BCUT2D eigenvalue weighted by molar-refractivity contribution is 6.04. The normalized spacial score (nSPS) is 12.7. The van der Waals surface area contributed by atoms with Gasteiger partial charge >= 0.3 is 0 Å². The molecule has 1 unspecified atom stereocenters. The number of carbonyl (C=O) groups is 1. The third-order valence-corrected chi connectivity index (χ3v) is 4.99. The number of rotatable bonds is 5. The van der Waals surface area contributed by atoms with Crippen LogP contribution in [0.5, 0.6) is 0 Å². The van der Waals surface area contributed by atoms with E-state index < -0.39 is 0 Å². The van der Waals surface area contributed by atoms with Crippen molar-refractivity contribution in [2.75, 3.05) is 0 Å². The molecule has 0 aliphatic heterocycles. The second-order valence-electron chi connectivity index (χ2n) is 7.47. The molecule has 0 spiro atoms. The van der Waals surface area contributed by atoms with E-state index in [0.29, 0.717) is 16.5 Å². The highest BCUT2D eigenvalue weighted by Gasteiger charge is 2.21. The Kier molecular flexibility index (Phi) is 4.70. The molecule has 0 aliphatic carbocycles. The van der Waals surface area contributed by atoms with Crippen molar-refractivity contribution in [1.29, 1.82) is 0 Å². The van der Waals surface area contributed by atoms with Crippen LogP contribution in [0, 0.1) is 6.92 Å². The van der Waals surface area contributed by atoms with Crippen molar-refractivity contribution < 1.29 is 9.21 Å². The molecule has 150 valence electrons. The van der Waals surface area contributed by atoms with E-state index >= 15 is 0 Å². The first-order chi connectivity index (χ1) is 13.9. The van der Waals surface area contributed by atoms with Crippen LogP contribution >= 0.6 is 0 Å². The second kappa shape index (κ2) is 7.20. The summed E-state index contributed by atoms with van der Waals surface area (Å²) >= 11 is 0. The zero-order valence-electron chi connectivity index (χ0n) is 16.8. The maximum Gasteiger partial charge on any atom is 0.291 e. The number of nitrogens with one attached hydrogen (secondary N) is 1. The van der Waals surface area contributed by atoms with E-state index in [1.165, 1.54) is 4.68 Å². The Morgan fingerprint density at radius 3 is 2.66 bits per heavy atom. The molecule has 4 aromatic heterocycles. The standard InChI is InChI=1S/C21H23N5O3/c1-12(2)26-17-9-13(3)29-20(17)16-10-23-25(21(28)19(16)26)11-18(27)24-14(4)15-5-7-22-8-6-15/h5-10,12,14H,11H2,1-4H3,(H,24,27). The number of furan rings is 1. The van der Waals surface area contributed by atoms with E-state index in [4.69, 9.17) is 4.42 Å². The van der Waals surface area contributed by atoms with Crippen LogP contribution in [0.25, 0.3) is 22.0 Å². The van der Waals surface area contributed by atoms with Crippen molar-refractivity contribution in [3.8, 4) is 0 Å². The second-order valence-corrected chi connectivity index (χ2v) is 7.47. The van der Waals surface area contributed by atoms with Crippen molar-refractivity contribution in [3.63, 3.8) is 0 Å². The smallest absolute Gasteiger partial charge is 0.291 e. The monoisotopic (exact) mass is 393 g/mol. The van der Waals surface area contributed by atoms with Gasteiger partial charge in [0.2, 0.25) is 5.91 Å². The Morgan fingerprint density at radius 2 is 1.97 bits per heavy atom. The molecule has 1 N–H and O–H groups in total. The molecule has 0 saturated heterocycles. The predicted molar refractivity (Wildman–Crippen MR) is 110 cm³/mol. The average molecular weight is 393 g/mol. The molecule has 0 radical (unpaired) electrons. The summed E-state index contributed by atoms with van der Waals surface area (Å²) in [5.41, 5.74) is 2.64. The molecule has 0 aromatic carbocycles. The van der Waals surface area contributed by atoms with E-state index in [2.05, 4.69) is 15.4 Å². The summed E-state index contributed by atoms with van der Waals surface area (Å²) in [6.07, 6.45) is 4.95. The molecule has 8 nitrogen and oxygen atoms in total. The Balaban J connectivity index is 1.68. The highest BCUT2D eigenvalue weighted by Crippen LogP contribution is 2.31. The van der Waals surface area contributed by atoms with Crippen LogP contribution in [0.4, 0.5) is 0 Å². The number of nitrogens with zero attached hydrogens (tertiary/aromatic N) is 4. The van der Waals surface area contributed by atoms with Gasteiger partial charge in [0, 0.05) is 24.5 Å². The van der Waals surface area contributed by atoms with Gasteiger partial charge in [0.15, 0.2) is 5.58 Å². The van der Waals surface area contributed by atoms with Gasteiger partial charge in [-0.25, -0.2) is 4.68 Å². The first-order valence-corrected chi connectivity index (χ1v) is 9.56. The van der Waals surface area contributed by atoms with E-state index in [9.17, 15) is 9.59 Å². The maximum absolute atomic E-state index is 13.1. The molecule has 0 aliphatic rings. The summed E-state index contributed by atoms with van der Waals surface area (Å²) in [4.78, 5) is 29.6. The van der Waals surface area contributed by atoms with Gasteiger partial charge in [0.1, 0.15) is 17.8 Å². The lowest BCUT2D eigenvalue weighted by Gasteiger charge is -2.15. The van der Waals surface area contributed by atoms with Crippen molar-refractivity contribution in [1.82, 2.24) is 24.6 Å². The van der Waals surface area contributed by atoms with Gasteiger partial charge in [-0.05, 0) is 45.4 Å². The molecule has 8 heteroatoms. The molecule has 4 rings (SSSR count). The number of hydrogen-bond donors (Lipinski definition) is 1. The maximum atomic E-state index is 13.1. The topological polar surface area (TPSA) is 95.0 Å². The largest absolute Gasteiger partial charge is 0.459 e. The molecular formula is C21H23N5O3. The summed E-state index contributed by atoms with van der Waals surface area (Å²) in [7, 11) is 0. The van der Waals surface area contributed by atoms with Crippen molar-refractivity contribution in [2.45, 2.75) is 46.3 Å². The van der Waals surface area contributed by atoms with Gasteiger partial charge in [-0.15, -0.1) is 0 Å². The van der Waals surface area contributed by atoms with Crippen LogP contribution in [0.3, 0.4) is 0 Å². The Labute approximate surface area is 167 Å². The average Bonchev–Trinajstić information content (AvgIpc) is 3.19. The summed E-state index contributed by atoms with van der Waals surface area (Å²) in [5, 5.41) is 7.77. The van der Waals surface area contributed by atoms with Gasteiger partial charge in [0.05, 0.1) is 23.1 Å². The fraction of sp³-hybridized carbons (Fsp3) is 0.333. The van der Waals surface area contributed by atoms with E-state index in [1.807, 2.05) is 50.5 Å². The molecule has 1 atom stereocenters. The molecule has 1 amide bonds. The number of aryl methyl sites for hydroxylation is 1. The lowest BCUT2D eigenvalue weighted by atomic mass is 10.1. The lowest BCUT2D eigenvalue weighted by molar-refractivity contribution is -0.122. The SMILES string of the molecule is Cc1cc2c(o1)c1cnn(CC(=O)NC(C)c3ccncc3)c(=O)c1n2C(C)C. The quantitative estimate of drug-likeness (QED) is 0.562. The minimum Gasteiger partial charge on any atom is -0.459 e. The van der Waals surface area contributed by atoms with Crippen LogP contribution in [-0.2, 0) is 11.3 Å². The number of pyridine rings is 1. The molecule has 0 saturated carbocycles. The number of hydrogen-bond acceptors (Lipinski definition) is 5. The fourth-order valence-electron chi connectivity index (χ4n) is 3.68. The summed E-state index contributed by atoms with van der Waals surface area (Å²) in [6, 6.07) is 5.45. The van der Waals surface area contributed by atoms with Crippen LogP contribution in [0.2, 0.25) is 0 Å². The van der Waals surface area contributed by atoms with Gasteiger partial charge in [-0.2, -0.15) is 5.10 Å². The predicted octanol–water partition coefficient (Wildman–Crippen LogP) is 3.11.